The Morgan fingerprint density at radius 3 is 1.66 bits per heavy atom. The molecule has 0 radical (unpaired) electrons. The lowest BCUT2D eigenvalue weighted by Gasteiger charge is -2.26. The molecule has 58 heavy (non-hydrogen) atoms. The molecular weight excluding hydrogens is 703 g/mol. The van der Waals surface area contributed by atoms with Crippen LogP contribution in [0.25, 0.3) is 98.1 Å². The van der Waals surface area contributed by atoms with Crippen LogP contribution in [0, 0.1) is 0 Å². The third-order valence-electron chi connectivity index (χ3n) is 12.0. The van der Waals surface area contributed by atoms with E-state index in [1.165, 1.54) is 70.6 Å². The van der Waals surface area contributed by atoms with Crippen molar-refractivity contribution < 1.29 is 4.42 Å². The number of fused-ring (bicyclic) bond motifs is 11. The first-order chi connectivity index (χ1) is 28.7. The van der Waals surface area contributed by atoms with E-state index in [0.717, 1.165) is 44.6 Å². The van der Waals surface area contributed by atoms with Crippen molar-refractivity contribution in [3.05, 3.63) is 212 Å². The van der Waals surface area contributed by atoms with Gasteiger partial charge in [-0.1, -0.05) is 158 Å². The van der Waals surface area contributed by atoms with Gasteiger partial charge in [0.1, 0.15) is 11.2 Å². The van der Waals surface area contributed by atoms with Crippen LogP contribution in [0.1, 0.15) is 0 Å². The first-order valence-electron chi connectivity index (χ1n) is 19.9. The monoisotopic (exact) mass is 737 g/mol. The molecule has 0 N–H and O–H groups in total. The second-order valence-corrected chi connectivity index (χ2v) is 15.3. The summed E-state index contributed by atoms with van der Waals surface area (Å²) in [6, 6.07) is 77.0. The van der Waals surface area contributed by atoms with Crippen LogP contribution in [0.5, 0.6) is 0 Å². The molecule has 11 aromatic carbocycles. The Morgan fingerprint density at radius 1 is 0.276 bits per heavy atom. The summed E-state index contributed by atoms with van der Waals surface area (Å²) < 4.78 is 6.79. The summed E-state index contributed by atoms with van der Waals surface area (Å²) in [5.74, 6) is 0. The van der Waals surface area contributed by atoms with Crippen LogP contribution in [-0.2, 0) is 0 Å². The fraction of sp³-hybridized carbons (Fsp3) is 0. The number of nitrogens with zero attached hydrogens (tertiary/aromatic N) is 1. The smallest absolute Gasteiger partial charge is 0.138 e. The van der Waals surface area contributed by atoms with Gasteiger partial charge < -0.3 is 9.32 Å². The fourth-order valence-corrected chi connectivity index (χ4v) is 9.29. The first-order valence-corrected chi connectivity index (χ1v) is 19.9. The molecule has 1 heterocycles. The van der Waals surface area contributed by atoms with E-state index in [1.54, 1.807) is 0 Å². The maximum atomic E-state index is 6.79. The van der Waals surface area contributed by atoms with E-state index in [2.05, 4.69) is 217 Å². The Balaban J connectivity index is 1.13. The molecule has 270 valence electrons. The minimum Gasteiger partial charge on any atom is -0.456 e. The first kappa shape index (κ1) is 32.6. The van der Waals surface area contributed by atoms with E-state index >= 15 is 0 Å². The van der Waals surface area contributed by atoms with Gasteiger partial charge in [0.25, 0.3) is 0 Å². The number of furan rings is 1. The van der Waals surface area contributed by atoms with Crippen molar-refractivity contribution in [3.63, 3.8) is 0 Å². The van der Waals surface area contributed by atoms with Gasteiger partial charge in [-0.05, 0) is 125 Å². The summed E-state index contributed by atoms with van der Waals surface area (Å²) in [7, 11) is 0. The Kier molecular flexibility index (Phi) is 7.26. The topological polar surface area (TPSA) is 16.4 Å². The number of hydrogen-bond donors (Lipinski definition) is 0. The van der Waals surface area contributed by atoms with Gasteiger partial charge in [-0.25, -0.2) is 0 Å². The van der Waals surface area contributed by atoms with Crippen LogP contribution < -0.4 is 4.90 Å². The summed E-state index contributed by atoms with van der Waals surface area (Å²) in [6.45, 7) is 0. The number of benzene rings is 11. The molecule has 2 heteroatoms. The van der Waals surface area contributed by atoms with Crippen LogP contribution in [0.2, 0.25) is 0 Å². The second kappa shape index (κ2) is 12.9. The van der Waals surface area contributed by atoms with Crippen molar-refractivity contribution in [3.8, 4) is 22.3 Å². The lowest BCUT2D eigenvalue weighted by molar-refractivity contribution is 0.669. The highest BCUT2D eigenvalue weighted by Gasteiger charge is 2.22. The van der Waals surface area contributed by atoms with Crippen molar-refractivity contribution in [2.45, 2.75) is 0 Å². The number of hydrogen-bond acceptors (Lipinski definition) is 2. The van der Waals surface area contributed by atoms with Gasteiger partial charge in [-0.15, -0.1) is 0 Å². The van der Waals surface area contributed by atoms with Gasteiger partial charge >= 0.3 is 0 Å². The molecule has 0 spiro atoms. The molecule has 0 atom stereocenters. The predicted octanol–water partition coefficient (Wildman–Crippen LogP) is 16.2. The van der Waals surface area contributed by atoms with Crippen molar-refractivity contribution in [1.29, 1.82) is 0 Å². The van der Waals surface area contributed by atoms with E-state index in [0.29, 0.717) is 0 Å². The number of rotatable bonds is 5. The molecule has 0 aliphatic heterocycles. The highest BCUT2D eigenvalue weighted by atomic mass is 16.3. The zero-order valence-corrected chi connectivity index (χ0v) is 31.6. The lowest BCUT2D eigenvalue weighted by Crippen LogP contribution is -2.10. The zero-order valence-electron chi connectivity index (χ0n) is 31.6. The molecule has 12 aromatic rings. The molecule has 0 fully saturated rings. The average Bonchev–Trinajstić information content (AvgIpc) is 3.67. The van der Waals surface area contributed by atoms with E-state index in [9.17, 15) is 0 Å². The van der Waals surface area contributed by atoms with E-state index in [-0.39, 0.29) is 0 Å². The van der Waals surface area contributed by atoms with Gasteiger partial charge in [-0.3, -0.25) is 0 Å². The largest absolute Gasteiger partial charge is 0.456 e. The SMILES string of the molecule is c1ccc(N(c2ccc(-c3ccc4ccccc4c3)cc2)c2cc(-c3cc4ccc5ccccc5c4c4c3ccc3ccccc34)c3c(c2)oc2ccccc23)cc1. The summed E-state index contributed by atoms with van der Waals surface area (Å²) in [5, 5.41) is 14.7. The van der Waals surface area contributed by atoms with E-state index in [1.807, 2.05) is 0 Å². The Morgan fingerprint density at radius 2 is 0.862 bits per heavy atom. The normalized spacial score (nSPS) is 11.8. The highest BCUT2D eigenvalue weighted by molar-refractivity contribution is 6.31. The molecule has 1 aromatic heterocycles. The molecular formula is C56H35NO. The Bertz CT molecular complexity index is 3560. The molecule has 0 saturated carbocycles. The van der Waals surface area contributed by atoms with Gasteiger partial charge in [0.2, 0.25) is 0 Å². The molecule has 0 saturated heterocycles. The molecule has 0 bridgehead atoms. The Hall–Kier alpha value is -7.68. The van der Waals surface area contributed by atoms with Crippen LogP contribution in [-0.4, -0.2) is 0 Å². The van der Waals surface area contributed by atoms with Crippen molar-refractivity contribution in [2.75, 3.05) is 4.90 Å². The molecule has 0 unspecified atom stereocenters. The van der Waals surface area contributed by atoms with Crippen LogP contribution in [0.3, 0.4) is 0 Å². The second-order valence-electron chi connectivity index (χ2n) is 15.3. The minimum absolute atomic E-state index is 0.856. The summed E-state index contributed by atoms with van der Waals surface area (Å²) >= 11 is 0. The molecule has 0 amide bonds. The van der Waals surface area contributed by atoms with Gasteiger partial charge in [0, 0.05) is 28.2 Å². The maximum absolute atomic E-state index is 6.79. The number of para-hydroxylation sites is 2. The van der Waals surface area contributed by atoms with E-state index in [4.69, 9.17) is 4.42 Å². The molecule has 2 nitrogen and oxygen atoms in total. The fourth-order valence-electron chi connectivity index (χ4n) is 9.29. The zero-order chi connectivity index (χ0) is 38.2. The summed E-state index contributed by atoms with van der Waals surface area (Å²) in [6.07, 6.45) is 0. The maximum Gasteiger partial charge on any atom is 0.138 e. The standard InChI is InChI=1S/C56H35NO/c1-2-16-43(17-3-1)57(44-29-26-37(27-30-44)41-24-22-36-12-4-5-15-40(36)32-41)45-34-51(55-49-20-10-11-21-52(49)58-53(55)35-45)50-33-42-25-23-38-13-6-8-18-46(38)54(42)56-47-19-9-7-14-39(47)28-31-48(50)56/h1-35H. The molecule has 0 aliphatic rings. The summed E-state index contributed by atoms with van der Waals surface area (Å²) in [4.78, 5) is 2.35. The van der Waals surface area contributed by atoms with Gasteiger partial charge in [0.15, 0.2) is 0 Å². The summed E-state index contributed by atoms with van der Waals surface area (Å²) in [5.41, 5.74) is 9.60. The Labute approximate surface area is 335 Å². The quantitative estimate of drug-likeness (QED) is 0.164. The van der Waals surface area contributed by atoms with Crippen LogP contribution in [0.15, 0.2) is 217 Å². The van der Waals surface area contributed by atoms with Crippen molar-refractivity contribution >= 4 is 92.9 Å². The third-order valence-corrected chi connectivity index (χ3v) is 12.0. The van der Waals surface area contributed by atoms with Crippen LogP contribution >= 0.6 is 0 Å². The van der Waals surface area contributed by atoms with Gasteiger partial charge in [-0.2, -0.15) is 0 Å². The van der Waals surface area contributed by atoms with Crippen LogP contribution in [0.4, 0.5) is 17.1 Å². The predicted molar refractivity (Wildman–Crippen MR) is 247 cm³/mol. The minimum atomic E-state index is 0.856. The highest BCUT2D eigenvalue weighted by Crippen LogP contribution is 2.48. The third kappa shape index (κ3) is 5.12. The van der Waals surface area contributed by atoms with E-state index < -0.39 is 0 Å². The molecule has 12 rings (SSSR count). The van der Waals surface area contributed by atoms with Gasteiger partial charge in [0.05, 0.1) is 5.69 Å². The lowest BCUT2D eigenvalue weighted by atomic mass is 9.87. The van der Waals surface area contributed by atoms with Crippen molar-refractivity contribution in [1.82, 2.24) is 0 Å². The van der Waals surface area contributed by atoms with Crippen molar-refractivity contribution in [2.24, 2.45) is 0 Å². The number of anilines is 3. The molecule has 0 aliphatic carbocycles. The average molecular weight is 738 g/mol.